The number of rotatable bonds is 7. The van der Waals surface area contributed by atoms with Crippen molar-refractivity contribution in [1.29, 1.82) is 0 Å². The minimum Gasteiger partial charge on any atom is -0.119 e. The van der Waals surface area contributed by atoms with E-state index in [1.54, 1.807) is 0 Å². The van der Waals surface area contributed by atoms with Crippen molar-refractivity contribution >= 4 is 23.2 Å². The summed E-state index contributed by atoms with van der Waals surface area (Å²) in [5, 5.41) is 0. The van der Waals surface area contributed by atoms with Gasteiger partial charge < -0.3 is 0 Å². The normalized spacial score (nSPS) is 28.5. The van der Waals surface area contributed by atoms with Gasteiger partial charge >= 0.3 is 0 Å². The Bertz CT molecular complexity index is 211. The number of hydrogen-bond donors (Lipinski definition) is 0. The van der Waals surface area contributed by atoms with E-state index in [4.69, 9.17) is 23.2 Å². The van der Waals surface area contributed by atoms with Crippen molar-refractivity contribution in [3.8, 4) is 0 Å². The monoisotopic (exact) mass is 262 g/mol. The summed E-state index contributed by atoms with van der Waals surface area (Å²) in [5.41, 5.74) is 0. The summed E-state index contributed by atoms with van der Waals surface area (Å²) in [5.74, 6) is 1.58. The van der Waals surface area contributed by atoms with Crippen molar-refractivity contribution in [2.45, 2.75) is 75.0 Å². The van der Waals surface area contributed by atoms with Crippen LogP contribution in [0.1, 0.15) is 65.2 Å². The number of hydrogen-bond acceptors (Lipinski definition) is 0. The lowest BCUT2D eigenvalue weighted by Crippen LogP contribution is -2.21. The molecule has 2 heteroatoms. The van der Waals surface area contributed by atoms with Crippen molar-refractivity contribution in [1.82, 2.24) is 0 Å². The quantitative estimate of drug-likeness (QED) is 0.428. The molecule has 0 radical (unpaired) electrons. The lowest BCUT2D eigenvalue weighted by atomic mass is 9.93. The van der Waals surface area contributed by atoms with Crippen molar-refractivity contribution in [3.05, 3.63) is 0 Å². The molecule has 0 aromatic rings. The Morgan fingerprint density at radius 2 is 1.12 bits per heavy atom. The summed E-state index contributed by atoms with van der Waals surface area (Å²) in [6, 6.07) is 0. The molecule has 16 heavy (non-hydrogen) atoms. The van der Waals surface area contributed by atoms with E-state index in [2.05, 4.69) is 13.8 Å². The summed E-state index contributed by atoms with van der Waals surface area (Å²) >= 11 is 13.1. The molecule has 0 nitrogen and oxygen atoms in total. The van der Waals surface area contributed by atoms with Gasteiger partial charge in [0, 0.05) is 9.75 Å². The largest absolute Gasteiger partial charge is 0.119 e. The van der Waals surface area contributed by atoms with E-state index in [0.717, 1.165) is 24.7 Å². The fraction of sp³-hybridized carbons (Fsp3) is 1.00. The average Bonchev–Trinajstić information content (AvgIpc) is 3.06. The van der Waals surface area contributed by atoms with Gasteiger partial charge in [0.1, 0.15) is 0 Å². The Hall–Kier alpha value is 0.580. The van der Waals surface area contributed by atoms with Gasteiger partial charge in [-0.2, -0.15) is 0 Å². The van der Waals surface area contributed by atoms with Crippen LogP contribution in [0.4, 0.5) is 0 Å². The van der Waals surface area contributed by atoms with Gasteiger partial charge in [0.05, 0.1) is 0 Å². The second-order valence-electron chi connectivity index (χ2n) is 6.31. The Kier molecular flexibility index (Phi) is 3.82. The van der Waals surface area contributed by atoms with Crippen LogP contribution < -0.4 is 0 Å². The SMILES string of the molecule is CC(Cl)(CCCCC(C)(Cl)C1CC1)C1CC1. The molecule has 0 amide bonds. The molecular weight excluding hydrogens is 239 g/mol. The van der Waals surface area contributed by atoms with E-state index in [0.29, 0.717) is 0 Å². The molecule has 2 aliphatic carbocycles. The first-order valence-electron chi connectivity index (χ1n) is 6.80. The highest BCUT2D eigenvalue weighted by Crippen LogP contribution is 2.48. The highest BCUT2D eigenvalue weighted by atomic mass is 35.5. The van der Waals surface area contributed by atoms with Crippen molar-refractivity contribution in [2.24, 2.45) is 11.8 Å². The van der Waals surface area contributed by atoms with Gasteiger partial charge in [-0.25, -0.2) is 0 Å². The number of alkyl halides is 2. The van der Waals surface area contributed by atoms with Crippen LogP contribution >= 0.6 is 23.2 Å². The van der Waals surface area contributed by atoms with Crippen LogP contribution in [0, 0.1) is 11.8 Å². The van der Waals surface area contributed by atoms with Crippen LogP contribution in [0.15, 0.2) is 0 Å². The first-order valence-corrected chi connectivity index (χ1v) is 7.55. The number of unbranched alkanes of at least 4 members (excludes halogenated alkanes) is 1. The maximum absolute atomic E-state index is 6.53. The fourth-order valence-corrected chi connectivity index (χ4v) is 3.42. The summed E-state index contributed by atoms with van der Waals surface area (Å²) in [7, 11) is 0. The average molecular weight is 263 g/mol. The molecule has 0 aromatic heterocycles. The van der Waals surface area contributed by atoms with E-state index < -0.39 is 0 Å². The minimum absolute atomic E-state index is 0.0717. The summed E-state index contributed by atoms with van der Waals surface area (Å²) < 4.78 is 0. The van der Waals surface area contributed by atoms with Gasteiger partial charge in [0.2, 0.25) is 0 Å². The van der Waals surface area contributed by atoms with E-state index in [1.807, 2.05) is 0 Å². The molecule has 0 bridgehead atoms. The Balaban J connectivity index is 1.60. The molecule has 2 aliphatic rings. The third kappa shape index (κ3) is 3.53. The van der Waals surface area contributed by atoms with Gasteiger partial charge in [0.25, 0.3) is 0 Å². The zero-order valence-electron chi connectivity index (χ0n) is 10.6. The zero-order chi connectivity index (χ0) is 11.8. The molecule has 0 aliphatic heterocycles. The van der Waals surface area contributed by atoms with E-state index in [1.165, 1.54) is 38.5 Å². The maximum atomic E-state index is 6.53. The highest BCUT2D eigenvalue weighted by molar-refractivity contribution is 6.24. The number of halogens is 2. The zero-order valence-corrected chi connectivity index (χ0v) is 12.1. The highest BCUT2D eigenvalue weighted by Gasteiger charge is 2.41. The predicted molar refractivity (Wildman–Crippen MR) is 72.4 cm³/mol. The molecule has 2 fully saturated rings. The van der Waals surface area contributed by atoms with Crippen molar-refractivity contribution in [2.75, 3.05) is 0 Å². The summed E-state index contributed by atoms with van der Waals surface area (Å²) in [6.07, 6.45) is 10.2. The second kappa shape index (κ2) is 4.69. The van der Waals surface area contributed by atoms with Crippen LogP contribution in [0.3, 0.4) is 0 Å². The third-order valence-corrected chi connectivity index (χ3v) is 5.43. The van der Waals surface area contributed by atoms with Crippen molar-refractivity contribution < 1.29 is 0 Å². The smallest absolute Gasteiger partial charge is 0.0446 e. The van der Waals surface area contributed by atoms with Gasteiger partial charge in [-0.05, 0) is 64.2 Å². The summed E-state index contributed by atoms with van der Waals surface area (Å²) in [4.78, 5) is 0.143. The van der Waals surface area contributed by atoms with Gasteiger partial charge in [-0.1, -0.05) is 12.8 Å². The minimum atomic E-state index is 0.0717. The van der Waals surface area contributed by atoms with Crippen LogP contribution in [0.5, 0.6) is 0 Å². The molecule has 0 N–H and O–H groups in total. The van der Waals surface area contributed by atoms with Gasteiger partial charge in [-0.3, -0.25) is 0 Å². The third-order valence-electron chi connectivity index (χ3n) is 4.44. The fourth-order valence-electron chi connectivity index (χ4n) is 2.72. The lowest BCUT2D eigenvalue weighted by molar-refractivity contribution is 0.437. The predicted octanol–water partition coefficient (Wildman–Crippen LogP) is 5.36. The molecule has 0 aromatic carbocycles. The van der Waals surface area contributed by atoms with E-state index in [-0.39, 0.29) is 9.75 Å². The maximum Gasteiger partial charge on any atom is 0.0446 e. The Labute approximate surface area is 110 Å². The van der Waals surface area contributed by atoms with E-state index in [9.17, 15) is 0 Å². The molecule has 0 saturated heterocycles. The van der Waals surface area contributed by atoms with E-state index >= 15 is 0 Å². The van der Waals surface area contributed by atoms with Crippen molar-refractivity contribution in [3.63, 3.8) is 0 Å². The lowest BCUT2D eigenvalue weighted by Gasteiger charge is -2.24. The first kappa shape index (κ1) is 13.0. The molecule has 0 heterocycles. The summed E-state index contributed by atoms with van der Waals surface area (Å²) in [6.45, 7) is 4.43. The Morgan fingerprint density at radius 1 is 0.812 bits per heavy atom. The van der Waals surface area contributed by atoms with Crippen LogP contribution in [0.2, 0.25) is 0 Å². The molecule has 2 saturated carbocycles. The topological polar surface area (TPSA) is 0 Å². The molecular formula is C14H24Cl2. The standard InChI is InChI=1S/C14H24Cl2/c1-13(15,11-5-6-11)9-3-4-10-14(2,16)12-7-8-12/h11-12H,3-10H2,1-2H3. The first-order chi connectivity index (χ1) is 7.42. The molecule has 2 unspecified atom stereocenters. The van der Waals surface area contributed by atoms with Crippen LogP contribution in [-0.4, -0.2) is 9.75 Å². The molecule has 2 atom stereocenters. The Morgan fingerprint density at radius 3 is 1.38 bits per heavy atom. The molecule has 94 valence electrons. The van der Waals surface area contributed by atoms with Crippen LogP contribution in [0.25, 0.3) is 0 Å². The van der Waals surface area contributed by atoms with Crippen LogP contribution in [-0.2, 0) is 0 Å². The molecule has 2 rings (SSSR count). The molecule has 0 spiro atoms. The second-order valence-corrected chi connectivity index (χ2v) is 8.04. The van der Waals surface area contributed by atoms with Gasteiger partial charge in [0.15, 0.2) is 0 Å². The van der Waals surface area contributed by atoms with Gasteiger partial charge in [-0.15, -0.1) is 23.2 Å².